The number of aryl methyl sites for hydroxylation is 1. The molecule has 0 aliphatic heterocycles. The molecular weight excluding hydrogens is 202 g/mol. The number of nitrogens with one attached hydrogen (secondary N) is 1. The molecule has 1 aromatic heterocycles. The molecule has 1 rings (SSSR count). The zero-order chi connectivity index (χ0) is 11.6. The molecule has 92 valence electrons. The lowest BCUT2D eigenvalue weighted by atomic mass is 10.2. The van der Waals surface area contributed by atoms with Crippen molar-refractivity contribution in [2.75, 3.05) is 20.3 Å². The first kappa shape index (κ1) is 13.2. The molecule has 0 saturated heterocycles. The predicted molar refractivity (Wildman–Crippen MR) is 65.3 cm³/mol. The summed E-state index contributed by atoms with van der Waals surface area (Å²) in [5, 5.41) is 3.32. The maximum Gasteiger partial charge on any atom is 0.0948 e. The fourth-order valence-electron chi connectivity index (χ4n) is 1.66. The summed E-state index contributed by atoms with van der Waals surface area (Å²) in [7, 11) is 1.75. The Kier molecular flexibility index (Phi) is 6.85. The summed E-state index contributed by atoms with van der Waals surface area (Å²) in [6.45, 7) is 5.96. The quantitative estimate of drug-likeness (QED) is 0.651. The van der Waals surface area contributed by atoms with Crippen LogP contribution in [0.3, 0.4) is 0 Å². The summed E-state index contributed by atoms with van der Waals surface area (Å²) in [5.41, 5.74) is 1.27. The molecule has 0 aromatic carbocycles. The van der Waals surface area contributed by atoms with Crippen molar-refractivity contribution < 1.29 is 4.74 Å². The summed E-state index contributed by atoms with van der Waals surface area (Å²) in [6, 6.07) is 0. The van der Waals surface area contributed by atoms with Gasteiger partial charge in [0.25, 0.3) is 0 Å². The van der Waals surface area contributed by atoms with Gasteiger partial charge < -0.3 is 14.6 Å². The van der Waals surface area contributed by atoms with Crippen molar-refractivity contribution in [1.82, 2.24) is 14.9 Å². The highest BCUT2D eigenvalue weighted by Crippen LogP contribution is 2.04. The van der Waals surface area contributed by atoms with Crippen molar-refractivity contribution in [2.45, 2.75) is 39.3 Å². The summed E-state index contributed by atoms with van der Waals surface area (Å²) in [4.78, 5) is 4.19. The molecule has 0 aliphatic rings. The summed E-state index contributed by atoms with van der Waals surface area (Å²) in [5.74, 6) is 0. The van der Waals surface area contributed by atoms with E-state index in [1.807, 2.05) is 12.5 Å². The topological polar surface area (TPSA) is 39.1 Å². The van der Waals surface area contributed by atoms with Gasteiger partial charge in [0.05, 0.1) is 12.0 Å². The lowest BCUT2D eigenvalue weighted by Crippen LogP contribution is -2.15. The van der Waals surface area contributed by atoms with Gasteiger partial charge in [0.15, 0.2) is 0 Å². The third-order valence-electron chi connectivity index (χ3n) is 2.60. The van der Waals surface area contributed by atoms with Crippen LogP contribution in [0.15, 0.2) is 12.5 Å². The standard InChI is InChI=1S/C12H23N3O/c1-3-13-9-12-10-14-11-15(12)7-5-4-6-8-16-2/h10-11,13H,3-9H2,1-2H3. The second kappa shape index (κ2) is 8.30. The van der Waals surface area contributed by atoms with E-state index < -0.39 is 0 Å². The van der Waals surface area contributed by atoms with E-state index >= 15 is 0 Å². The van der Waals surface area contributed by atoms with E-state index in [0.717, 1.165) is 32.7 Å². The number of rotatable bonds is 9. The van der Waals surface area contributed by atoms with Gasteiger partial charge in [-0.2, -0.15) is 0 Å². The van der Waals surface area contributed by atoms with E-state index in [0.29, 0.717) is 0 Å². The first-order valence-electron chi connectivity index (χ1n) is 6.07. The van der Waals surface area contributed by atoms with Crippen LogP contribution in [-0.4, -0.2) is 29.8 Å². The second-order valence-corrected chi connectivity index (χ2v) is 3.91. The third-order valence-corrected chi connectivity index (χ3v) is 2.60. The van der Waals surface area contributed by atoms with Gasteiger partial charge in [-0.25, -0.2) is 4.98 Å². The SMILES string of the molecule is CCNCc1cncn1CCCCCOC. The van der Waals surface area contributed by atoms with Crippen LogP contribution in [0.4, 0.5) is 0 Å². The van der Waals surface area contributed by atoms with Crippen LogP contribution < -0.4 is 5.32 Å². The molecule has 0 fully saturated rings. The van der Waals surface area contributed by atoms with Crippen molar-refractivity contribution in [3.63, 3.8) is 0 Å². The molecule has 0 saturated carbocycles. The Morgan fingerprint density at radius 3 is 3.00 bits per heavy atom. The fourth-order valence-corrected chi connectivity index (χ4v) is 1.66. The van der Waals surface area contributed by atoms with Gasteiger partial charge in [0, 0.05) is 33.0 Å². The normalized spacial score (nSPS) is 10.9. The molecule has 0 spiro atoms. The molecule has 0 radical (unpaired) electrons. The van der Waals surface area contributed by atoms with Gasteiger partial charge in [0.2, 0.25) is 0 Å². The Morgan fingerprint density at radius 1 is 1.38 bits per heavy atom. The van der Waals surface area contributed by atoms with E-state index in [-0.39, 0.29) is 0 Å². The first-order chi connectivity index (χ1) is 7.88. The van der Waals surface area contributed by atoms with Crippen molar-refractivity contribution in [1.29, 1.82) is 0 Å². The van der Waals surface area contributed by atoms with Crippen molar-refractivity contribution in [2.24, 2.45) is 0 Å². The third kappa shape index (κ3) is 4.77. The van der Waals surface area contributed by atoms with Gasteiger partial charge >= 0.3 is 0 Å². The predicted octanol–water partition coefficient (Wildman–Crippen LogP) is 1.81. The monoisotopic (exact) mass is 225 g/mol. The van der Waals surface area contributed by atoms with Crippen LogP contribution >= 0.6 is 0 Å². The van der Waals surface area contributed by atoms with E-state index in [9.17, 15) is 0 Å². The lowest BCUT2D eigenvalue weighted by Gasteiger charge is -2.08. The Labute approximate surface area is 98.0 Å². The second-order valence-electron chi connectivity index (χ2n) is 3.91. The molecule has 4 heteroatoms. The number of unbranched alkanes of at least 4 members (excludes halogenated alkanes) is 2. The molecular formula is C12H23N3O. The van der Waals surface area contributed by atoms with Gasteiger partial charge in [-0.3, -0.25) is 0 Å². The molecule has 16 heavy (non-hydrogen) atoms. The van der Waals surface area contributed by atoms with E-state index in [1.165, 1.54) is 18.5 Å². The van der Waals surface area contributed by atoms with Crippen molar-refractivity contribution in [3.05, 3.63) is 18.2 Å². The van der Waals surface area contributed by atoms with Crippen LogP contribution in [0.2, 0.25) is 0 Å². The van der Waals surface area contributed by atoms with Gasteiger partial charge in [-0.15, -0.1) is 0 Å². The minimum absolute atomic E-state index is 0.869. The largest absolute Gasteiger partial charge is 0.385 e. The molecule has 1 heterocycles. The van der Waals surface area contributed by atoms with Crippen LogP contribution in [-0.2, 0) is 17.8 Å². The smallest absolute Gasteiger partial charge is 0.0948 e. The van der Waals surface area contributed by atoms with E-state index in [1.54, 1.807) is 7.11 Å². The average molecular weight is 225 g/mol. The summed E-state index contributed by atoms with van der Waals surface area (Å²) < 4.78 is 7.26. The minimum atomic E-state index is 0.869. The Morgan fingerprint density at radius 2 is 2.25 bits per heavy atom. The maximum atomic E-state index is 5.03. The minimum Gasteiger partial charge on any atom is -0.385 e. The Hall–Kier alpha value is -0.870. The molecule has 0 unspecified atom stereocenters. The molecule has 1 aromatic rings. The average Bonchev–Trinajstić information content (AvgIpc) is 2.74. The molecule has 0 amide bonds. The lowest BCUT2D eigenvalue weighted by molar-refractivity contribution is 0.191. The zero-order valence-corrected chi connectivity index (χ0v) is 10.4. The molecule has 1 N–H and O–H groups in total. The molecule has 0 atom stereocenters. The summed E-state index contributed by atoms with van der Waals surface area (Å²) >= 11 is 0. The van der Waals surface area contributed by atoms with Crippen LogP contribution in [0.25, 0.3) is 0 Å². The van der Waals surface area contributed by atoms with E-state index in [4.69, 9.17) is 4.74 Å². The number of methoxy groups -OCH3 is 1. The number of aromatic nitrogens is 2. The summed E-state index contributed by atoms with van der Waals surface area (Å²) in [6.07, 6.45) is 7.42. The highest BCUT2D eigenvalue weighted by Gasteiger charge is 2.00. The number of hydrogen-bond acceptors (Lipinski definition) is 3. The van der Waals surface area contributed by atoms with Crippen molar-refractivity contribution in [3.8, 4) is 0 Å². The first-order valence-corrected chi connectivity index (χ1v) is 6.07. The molecule has 0 aliphatic carbocycles. The van der Waals surface area contributed by atoms with Crippen molar-refractivity contribution >= 4 is 0 Å². The van der Waals surface area contributed by atoms with Crippen LogP contribution in [0.1, 0.15) is 31.9 Å². The number of imidazole rings is 1. The van der Waals surface area contributed by atoms with Crippen LogP contribution in [0, 0.1) is 0 Å². The van der Waals surface area contributed by atoms with Gasteiger partial charge in [-0.05, 0) is 25.8 Å². The van der Waals surface area contributed by atoms with Gasteiger partial charge in [-0.1, -0.05) is 6.92 Å². The number of nitrogens with zero attached hydrogens (tertiary/aromatic N) is 2. The highest BCUT2D eigenvalue weighted by molar-refractivity contribution is 4.97. The zero-order valence-electron chi connectivity index (χ0n) is 10.4. The molecule has 0 bridgehead atoms. The Balaban J connectivity index is 2.22. The highest BCUT2D eigenvalue weighted by atomic mass is 16.5. The van der Waals surface area contributed by atoms with E-state index in [2.05, 4.69) is 21.8 Å². The number of hydrogen-bond donors (Lipinski definition) is 1. The number of ether oxygens (including phenoxy) is 1. The maximum absolute atomic E-state index is 5.03. The molecule has 4 nitrogen and oxygen atoms in total. The fraction of sp³-hybridized carbons (Fsp3) is 0.750. The van der Waals surface area contributed by atoms with Crippen LogP contribution in [0.5, 0.6) is 0 Å². The van der Waals surface area contributed by atoms with Gasteiger partial charge in [0.1, 0.15) is 0 Å². The Bertz CT molecular complexity index is 273.